The van der Waals surface area contributed by atoms with Crippen LogP contribution in [0, 0.1) is 0 Å². The molecular formula is C19H21ClFNO2S. The summed E-state index contributed by atoms with van der Waals surface area (Å²) in [4.78, 5) is 0. The second-order valence-electron chi connectivity index (χ2n) is 6.05. The molecule has 2 aromatic carbocycles. The van der Waals surface area contributed by atoms with Gasteiger partial charge in [-0.2, -0.15) is 11.8 Å². The summed E-state index contributed by atoms with van der Waals surface area (Å²) in [5, 5.41) is 0.675. The van der Waals surface area contributed by atoms with E-state index in [1.807, 2.05) is 48.5 Å². The molecule has 1 saturated heterocycles. The maximum Gasteiger partial charge on any atom is 0.136 e. The van der Waals surface area contributed by atoms with Gasteiger partial charge in [-0.15, -0.1) is 0 Å². The zero-order valence-corrected chi connectivity index (χ0v) is 15.3. The van der Waals surface area contributed by atoms with Crippen LogP contribution in [0.15, 0.2) is 48.5 Å². The fourth-order valence-corrected chi connectivity index (χ4v) is 4.05. The van der Waals surface area contributed by atoms with Crippen molar-refractivity contribution in [3.05, 3.63) is 64.7 Å². The first kappa shape index (κ1) is 18.5. The average Bonchev–Trinajstić information content (AvgIpc) is 2.96. The highest BCUT2D eigenvalue weighted by Crippen LogP contribution is 2.32. The van der Waals surface area contributed by atoms with Gasteiger partial charge in [0.25, 0.3) is 0 Å². The van der Waals surface area contributed by atoms with Crippen molar-refractivity contribution in [2.45, 2.75) is 30.7 Å². The molecule has 3 atom stereocenters. The number of hydrogen-bond donors (Lipinski definition) is 1. The Morgan fingerprint density at radius 1 is 1.04 bits per heavy atom. The number of halogens is 2. The summed E-state index contributed by atoms with van der Waals surface area (Å²) < 4.78 is 25.8. The number of rotatable bonds is 7. The summed E-state index contributed by atoms with van der Waals surface area (Å²) in [5.74, 6) is 0.446. The van der Waals surface area contributed by atoms with Gasteiger partial charge in [-0.05, 0) is 35.4 Å². The molecule has 0 saturated carbocycles. The molecule has 2 N–H and O–H groups in total. The molecule has 3 nitrogen and oxygen atoms in total. The molecule has 0 aromatic heterocycles. The molecule has 2 aromatic rings. The normalized spacial score (nSPS) is 23.0. The van der Waals surface area contributed by atoms with Crippen molar-refractivity contribution < 1.29 is 13.9 Å². The Bertz CT molecular complexity index is 668. The number of thioether (sulfide) groups is 1. The summed E-state index contributed by atoms with van der Waals surface area (Å²) in [6.45, 7) is 1.32. The summed E-state index contributed by atoms with van der Waals surface area (Å²) in [7, 11) is 0. The standard InChI is InChI=1S/C19H21ClFNO2S/c20-15-5-1-14(2-6-15)10-24-19-17(21)12-25-18(19)11-23-9-13-3-7-16(22)8-4-13/h1-8,17-19H,9-12,22H2/t17-,18-,19+/m1/s1. The lowest BCUT2D eigenvalue weighted by atomic mass is 10.1. The Kier molecular flexibility index (Phi) is 6.59. The highest BCUT2D eigenvalue weighted by molar-refractivity contribution is 8.00. The first-order valence-electron chi connectivity index (χ1n) is 8.15. The fraction of sp³-hybridized carbons (Fsp3) is 0.368. The summed E-state index contributed by atoms with van der Waals surface area (Å²) >= 11 is 7.44. The number of ether oxygens (including phenoxy) is 2. The van der Waals surface area contributed by atoms with Crippen LogP contribution in [0.1, 0.15) is 11.1 Å². The van der Waals surface area contributed by atoms with Gasteiger partial charge < -0.3 is 15.2 Å². The molecular weight excluding hydrogens is 361 g/mol. The van der Waals surface area contributed by atoms with Gasteiger partial charge in [0, 0.05) is 16.5 Å². The average molecular weight is 382 g/mol. The number of benzene rings is 2. The maximum atomic E-state index is 14.2. The Labute approximate surface area is 156 Å². The second-order valence-corrected chi connectivity index (χ2v) is 7.76. The quantitative estimate of drug-likeness (QED) is 0.718. The van der Waals surface area contributed by atoms with E-state index in [-0.39, 0.29) is 5.25 Å². The summed E-state index contributed by atoms with van der Waals surface area (Å²) in [6, 6.07) is 15.0. The molecule has 1 heterocycles. The second kappa shape index (κ2) is 8.90. The third-order valence-electron chi connectivity index (χ3n) is 4.08. The fourth-order valence-electron chi connectivity index (χ4n) is 2.67. The molecule has 6 heteroatoms. The van der Waals surface area contributed by atoms with Crippen LogP contribution in [-0.2, 0) is 22.7 Å². The van der Waals surface area contributed by atoms with Gasteiger partial charge in [0.2, 0.25) is 0 Å². The molecule has 25 heavy (non-hydrogen) atoms. The highest BCUT2D eigenvalue weighted by Gasteiger charge is 2.38. The van der Waals surface area contributed by atoms with Crippen LogP contribution in [0.2, 0.25) is 5.02 Å². The van der Waals surface area contributed by atoms with Gasteiger partial charge in [-0.3, -0.25) is 0 Å². The van der Waals surface area contributed by atoms with Crippen molar-refractivity contribution in [2.75, 3.05) is 18.1 Å². The van der Waals surface area contributed by atoms with Crippen molar-refractivity contribution in [2.24, 2.45) is 0 Å². The number of nitrogens with two attached hydrogens (primary N) is 1. The molecule has 0 bridgehead atoms. The minimum atomic E-state index is -0.970. The molecule has 0 amide bonds. The van der Waals surface area contributed by atoms with Crippen LogP contribution in [0.4, 0.5) is 10.1 Å². The van der Waals surface area contributed by atoms with Crippen molar-refractivity contribution in [1.29, 1.82) is 0 Å². The van der Waals surface area contributed by atoms with Gasteiger partial charge in [0.15, 0.2) is 0 Å². The zero-order valence-electron chi connectivity index (χ0n) is 13.7. The number of hydrogen-bond acceptors (Lipinski definition) is 4. The van der Waals surface area contributed by atoms with E-state index in [4.69, 9.17) is 26.8 Å². The van der Waals surface area contributed by atoms with E-state index in [0.717, 1.165) is 16.8 Å². The van der Waals surface area contributed by atoms with Crippen LogP contribution in [-0.4, -0.2) is 29.9 Å². The lowest BCUT2D eigenvalue weighted by molar-refractivity contribution is -0.0167. The van der Waals surface area contributed by atoms with Gasteiger partial charge in [0.05, 0.1) is 25.1 Å². The van der Waals surface area contributed by atoms with Gasteiger partial charge in [0.1, 0.15) is 12.3 Å². The lowest BCUT2D eigenvalue weighted by Gasteiger charge is -2.21. The predicted octanol–water partition coefficient (Wildman–Crippen LogP) is 4.48. The van der Waals surface area contributed by atoms with Crippen molar-refractivity contribution in [1.82, 2.24) is 0 Å². The molecule has 3 rings (SSSR count). The zero-order chi connectivity index (χ0) is 17.6. The molecule has 1 aliphatic rings. The van der Waals surface area contributed by atoms with E-state index in [2.05, 4.69) is 0 Å². The van der Waals surface area contributed by atoms with Crippen molar-refractivity contribution in [3.63, 3.8) is 0 Å². The van der Waals surface area contributed by atoms with E-state index >= 15 is 0 Å². The number of anilines is 1. The Hall–Kier alpha value is -1.27. The van der Waals surface area contributed by atoms with Crippen LogP contribution in [0.5, 0.6) is 0 Å². The monoisotopic (exact) mass is 381 g/mol. The van der Waals surface area contributed by atoms with Crippen LogP contribution < -0.4 is 5.73 Å². The molecule has 0 unspecified atom stereocenters. The number of alkyl halides is 1. The minimum Gasteiger partial charge on any atom is -0.399 e. The highest BCUT2D eigenvalue weighted by atomic mass is 35.5. The summed E-state index contributed by atoms with van der Waals surface area (Å²) in [5.41, 5.74) is 8.43. The number of nitrogen functional groups attached to an aromatic ring is 1. The van der Waals surface area contributed by atoms with Gasteiger partial charge in [-0.25, -0.2) is 4.39 Å². The molecule has 134 valence electrons. The first-order valence-corrected chi connectivity index (χ1v) is 9.58. The Morgan fingerprint density at radius 2 is 1.68 bits per heavy atom. The van der Waals surface area contributed by atoms with Crippen LogP contribution in [0.25, 0.3) is 0 Å². The SMILES string of the molecule is Nc1ccc(COC[C@H]2SC[C@@H](F)[C@@H]2OCc2ccc(Cl)cc2)cc1. The molecule has 1 aliphatic heterocycles. The minimum absolute atomic E-state index is 0.00363. The Balaban J connectivity index is 1.48. The van der Waals surface area contributed by atoms with E-state index in [9.17, 15) is 4.39 Å². The lowest BCUT2D eigenvalue weighted by Crippen LogP contribution is -2.32. The predicted molar refractivity (Wildman–Crippen MR) is 102 cm³/mol. The first-order chi connectivity index (χ1) is 12.1. The smallest absolute Gasteiger partial charge is 0.136 e. The van der Waals surface area contributed by atoms with E-state index in [1.54, 1.807) is 11.8 Å². The summed E-state index contributed by atoms with van der Waals surface area (Å²) in [6.07, 6.45) is -1.42. The molecule has 1 fully saturated rings. The van der Waals surface area contributed by atoms with E-state index < -0.39 is 12.3 Å². The van der Waals surface area contributed by atoms with Crippen LogP contribution >= 0.6 is 23.4 Å². The van der Waals surface area contributed by atoms with Crippen molar-refractivity contribution in [3.8, 4) is 0 Å². The van der Waals surface area contributed by atoms with E-state index in [1.165, 1.54) is 0 Å². The van der Waals surface area contributed by atoms with Crippen LogP contribution in [0.3, 0.4) is 0 Å². The third-order valence-corrected chi connectivity index (χ3v) is 5.67. The molecule has 0 radical (unpaired) electrons. The molecule has 0 aliphatic carbocycles. The third kappa shape index (κ3) is 5.35. The van der Waals surface area contributed by atoms with Crippen molar-refractivity contribution >= 4 is 29.1 Å². The van der Waals surface area contributed by atoms with Gasteiger partial charge in [-0.1, -0.05) is 35.9 Å². The maximum absolute atomic E-state index is 14.2. The molecule has 0 spiro atoms. The largest absolute Gasteiger partial charge is 0.399 e. The van der Waals surface area contributed by atoms with E-state index in [0.29, 0.717) is 30.6 Å². The Morgan fingerprint density at radius 3 is 2.40 bits per heavy atom. The van der Waals surface area contributed by atoms with Gasteiger partial charge >= 0.3 is 0 Å². The topological polar surface area (TPSA) is 44.5 Å².